The lowest BCUT2D eigenvalue weighted by Crippen LogP contribution is -2.03. The van der Waals surface area contributed by atoms with Gasteiger partial charge >= 0.3 is 0 Å². The van der Waals surface area contributed by atoms with Crippen LogP contribution in [0.15, 0.2) is 15.4 Å². The Morgan fingerprint density at radius 3 is 2.60 bits per heavy atom. The number of allylic oxidation sites excluding steroid dienone is 2. The Labute approximate surface area is 66.7 Å². The van der Waals surface area contributed by atoms with Gasteiger partial charge in [-0.15, -0.1) is 0 Å². The first-order chi connectivity index (χ1) is 4.70. The van der Waals surface area contributed by atoms with Crippen molar-refractivity contribution in [2.24, 2.45) is 10.1 Å². The molecule has 10 heavy (non-hydrogen) atoms. The van der Waals surface area contributed by atoms with E-state index in [1.54, 1.807) is 6.92 Å². The van der Waals surface area contributed by atoms with E-state index in [2.05, 4.69) is 17.4 Å². The van der Waals surface area contributed by atoms with Gasteiger partial charge in [0.1, 0.15) is 5.84 Å². The molecule has 0 spiro atoms. The zero-order chi connectivity index (χ0) is 7.98. The highest BCUT2D eigenvalue weighted by Crippen LogP contribution is 2.19. The lowest BCUT2D eigenvalue weighted by Gasteiger charge is -1.96. The number of hydrogen-bond acceptors (Lipinski definition) is 2. The average molecular weight is 158 g/mol. The third-order valence-corrected chi connectivity index (χ3v) is 2.12. The Balaban J connectivity index is 3.78. The number of amidine groups is 1. The third-order valence-electron chi connectivity index (χ3n) is 0.977. The summed E-state index contributed by atoms with van der Waals surface area (Å²) in [6, 6.07) is 0. The molecule has 0 aromatic carbocycles. The number of hydrogen-bond donors (Lipinski definition) is 1. The van der Waals surface area contributed by atoms with E-state index in [0.29, 0.717) is 5.84 Å². The molecule has 58 valence electrons. The van der Waals surface area contributed by atoms with Crippen molar-refractivity contribution in [3.05, 3.63) is 11.0 Å². The molecule has 0 unspecified atom stereocenters. The van der Waals surface area contributed by atoms with Gasteiger partial charge in [-0.05, 0) is 20.3 Å². The predicted molar refractivity (Wildman–Crippen MR) is 48.9 cm³/mol. The average Bonchev–Trinajstić information content (AvgIpc) is 1.90. The van der Waals surface area contributed by atoms with Gasteiger partial charge in [0.05, 0.1) is 0 Å². The predicted octanol–water partition coefficient (Wildman–Crippen LogP) is 2.33. The summed E-state index contributed by atoms with van der Waals surface area (Å²) < 4.78 is 4.01. The highest BCUT2D eigenvalue weighted by molar-refractivity contribution is 8.01. The molecular formula is C7H14N2S. The Hall–Kier alpha value is -0.440. The van der Waals surface area contributed by atoms with Crippen LogP contribution in [-0.2, 0) is 0 Å². The highest BCUT2D eigenvalue weighted by Gasteiger charge is 1.90. The molecule has 0 aliphatic heterocycles. The van der Waals surface area contributed by atoms with Crippen LogP contribution >= 0.6 is 11.9 Å². The van der Waals surface area contributed by atoms with E-state index < -0.39 is 0 Å². The zero-order valence-electron chi connectivity index (χ0n) is 6.72. The quantitative estimate of drug-likeness (QED) is 0.389. The fourth-order valence-electron chi connectivity index (χ4n) is 0.452. The second-order valence-corrected chi connectivity index (χ2v) is 2.82. The van der Waals surface area contributed by atoms with Crippen molar-refractivity contribution in [1.82, 2.24) is 0 Å². The van der Waals surface area contributed by atoms with Crippen molar-refractivity contribution in [3.63, 3.8) is 0 Å². The van der Waals surface area contributed by atoms with Crippen LogP contribution in [0.3, 0.4) is 0 Å². The van der Waals surface area contributed by atoms with Gasteiger partial charge in [-0.3, -0.25) is 0 Å². The van der Waals surface area contributed by atoms with Gasteiger partial charge in [0.15, 0.2) is 0 Å². The maximum absolute atomic E-state index is 5.35. The molecule has 2 N–H and O–H groups in total. The van der Waals surface area contributed by atoms with Crippen LogP contribution in [0.2, 0.25) is 0 Å². The van der Waals surface area contributed by atoms with E-state index in [-0.39, 0.29) is 0 Å². The smallest absolute Gasteiger partial charge is 0.105 e. The Morgan fingerprint density at radius 2 is 2.30 bits per heavy atom. The van der Waals surface area contributed by atoms with Crippen molar-refractivity contribution >= 4 is 17.8 Å². The van der Waals surface area contributed by atoms with Crippen molar-refractivity contribution < 1.29 is 0 Å². The first-order valence-corrected chi connectivity index (χ1v) is 4.10. The van der Waals surface area contributed by atoms with Crippen molar-refractivity contribution in [2.45, 2.75) is 27.2 Å². The summed E-state index contributed by atoms with van der Waals surface area (Å²) in [5.74, 6) is 0.623. The van der Waals surface area contributed by atoms with E-state index in [1.165, 1.54) is 16.9 Å². The van der Waals surface area contributed by atoms with Gasteiger partial charge in [-0.2, -0.15) is 4.40 Å². The summed E-state index contributed by atoms with van der Waals surface area (Å²) in [5, 5.41) is 0. The van der Waals surface area contributed by atoms with E-state index in [0.717, 1.165) is 6.42 Å². The monoisotopic (exact) mass is 158 g/mol. The molecule has 0 saturated heterocycles. The molecule has 0 heterocycles. The van der Waals surface area contributed by atoms with Crippen LogP contribution < -0.4 is 5.73 Å². The summed E-state index contributed by atoms with van der Waals surface area (Å²) in [6.07, 6.45) is 3.08. The van der Waals surface area contributed by atoms with Gasteiger partial charge < -0.3 is 5.73 Å². The standard InChI is InChI=1S/C7H14N2S/c1-4-7(5-2)10-9-6(3)8/h4H,5H2,1-3H3,(H2,8,9)/b7-4-. The molecule has 0 rings (SSSR count). The molecule has 0 bridgehead atoms. The molecule has 0 aromatic rings. The van der Waals surface area contributed by atoms with Gasteiger partial charge in [0, 0.05) is 16.9 Å². The molecule has 0 aliphatic carbocycles. The maximum atomic E-state index is 5.35. The van der Waals surface area contributed by atoms with E-state index in [1.807, 2.05) is 6.92 Å². The summed E-state index contributed by atoms with van der Waals surface area (Å²) in [7, 11) is 0. The van der Waals surface area contributed by atoms with Gasteiger partial charge in [-0.1, -0.05) is 13.0 Å². The molecule has 0 saturated carbocycles. The molecule has 0 atom stereocenters. The third kappa shape index (κ3) is 4.44. The topological polar surface area (TPSA) is 38.4 Å². The van der Waals surface area contributed by atoms with Crippen LogP contribution in [0.1, 0.15) is 27.2 Å². The first-order valence-electron chi connectivity index (χ1n) is 3.33. The van der Waals surface area contributed by atoms with Crippen LogP contribution in [-0.4, -0.2) is 5.84 Å². The zero-order valence-corrected chi connectivity index (χ0v) is 7.53. The van der Waals surface area contributed by atoms with Gasteiger partial charge in [-0.25, -0.2) is 0 Å². The lowest BCUT2D eigenvalue weighted by atomic mass is 10.4. The molecule has 0 radical (unpaired) electrons. The maximum Gasteiger partial charge on any atom is 0.105 e. The van der Waals surface area contributed by atoms with Crippen molar-refractivity contribution in [2.75, 3.05) is 0 Å². The van der Waals surface area contributed by atoms with Crippen LogP contribution in [0.5, 0.6) is 0 Å². The number of nitrogens with zero attached hydrogens (tertiary/aromatic N) is 1. The molecule has 2 nitrogen and oxygen atoms in total. The SMILES string of the molecule is C/C=C(/CC)S/N=C(/C)N. The summed E-state index contributed by atoms with van der Waals surface area (Å²) in [6.45, 7) is 5.90. The van der Waals surface area contributed by atoms with Gasteiger partial charge in [0.25, 0.3) is 0 Å². The molecule has 0 aromatic heterocycles. The fraction of sp³-hybridized carbons (Fsp3) is 0.571. The number of rotatable bonds is 3. The minimum atomic E-state index is 0.623. The lowest BCUT2D eigenvalue weighted by molar-refractivity contribution is 1.19. The second-order valence-electron chi connectivity index (χ2n) is 1.93. The van der Waals surface area contributed by atoms with Crippen LogP contribution in [0.25, 0.3) is 0 Å². The normalized spacial score (nSPS) is 13.9. The molecule has 0 amide bonds. The summed E-state index contributed by atoms with van der Waals surface area (Å²) in [4.78, 5) is 1.25. The second kappa shape index (κ2) is 5.35. The minimum absolute atomic E-state index is 0.623. The Bertz CT molecular complexity index is 146. The van der Waals surface area contributed by atoms with Crippen LogP contribution in [0.4, 0.5) is 0 Å². The van der Waals surface area contributed by atoms with E-state index in [9.17, 15) is 0 Å². The van der Waals surface area contributed by atoms with Crippen molar-refractivity contribution in [3.8, 4) is 0 Å². The van der Waals surface area contributed by atoms with E-state index >= 15 is 0 Å². The van der Waals surface area contributed by atoms with Crippen LogP contribution in [0, 0.1) is 0 Å². The Morgan fingerprint density at radius 1 is 1.70 bits per heavy atom. The molecule has 3 heteroatoms. The first kappa shape index (κ1) is 9.56. The van der Waals surface area contributed by atoms with E-state index in [4.69, 9.17) is 5.73 Å². The molecular weight excluding hydrogens is 144 g/mol. The number of nitrogens with two attached hydrogens (primary N) is 1. The highest BCUT2D eigenvalue weighted by atomic mass is 32.2. The van der Waals surface area contributed by atoms with Gasteiger partial charge in [0.2, 0.25) is 0 Å². The fourth-order valence-corrected chi connectivity index (χ4v) is 0.948. The molecule has 0 aliphatic rings. The summed E-state index contributed by atoms with van der Waals surface area (Å²) in [5.41, 5.74) is 5.35. The summed E-state index contributed by atoms with van der Waals surface area (Å²) >= 11 is 1.45. The minimum Gasteiger partial charge on any atom is -0.387 e. The largest absolute Gasteiger partial charge is 0.387 e. The molecule has 0 fully saturated rings. The Kier molecular flexibility index (Phi) is 5.12. The van der Waals surface area contributed by atoms with Crippen molar-refractivity contribution in [1.29, 1.82) is 0 Å².